The molecule has 0 N–H and O–H groups in total. The van der Waals surface area contributed by atoms with Gasteiger partial charge in [0.1, 0.15) is 4.60 Å². The largest absolute Gasteiger partial charge is 0.462 e. The Morgan fingerprint density at radius 3 is 2.61 bits per heavy atom. The standard InChI is InChI=1S/C11H13BrClNO4/c1-4-18-10(15)7-6(13)5-14-9(12)8(7)11(16-2)17-3/h5,11H,4H2,1-3H3. The lowest BCUT2D eigenvalue weighted by atomic mass is 10.1. The van der Waals surface area contributed by atoms with E-state index in [4.69, 9.17) is 25.8 Å². The van der Waals surface area contributed by atoms with Crippen molar-refractivity contribution in [3.63, 3.8) is 0 Å². The van der Waals surface area contributed by atoms with Crippen LogP contribution in [0.1, 0.15) is 29.1 Å². The second kappa shape index (κ2) is 7.04. The van der Waals surface area contributed by atoms with Crippen molar-refractivity contribution in [1.82, 2.24) is 4.98 Å². The molecular weight excluding hydrogens is 325 g/mol. The molecule has 0 unspecified atom stereocenters. The minimum Gasteiger partial charge on any atom is -0.462 e. The molecule has 100 valence electrons. The number of hydrogen-bond donors (Lipinski definition) is 0. The number of nitrogens with zero attached hydrogens (tertiary/aromatic N) is 1. The third-order valence-electron chi connectivity index (χ3n) is 2.17. The molecule has 0 amide bonds. The summed E-state index contributed by atoms with van der Waals surface area (Å²) in [4.78, 5) is 15.9. The molecule has 1 aromatic rings. The van der Waals surface area contributed by atoms with Crippen LogP contribution in [0.15, 0.2) is 10.8 Å². The van der Waals surface area contributed by atoms with Crippen LogP contribution in [0.4, 0.5) is 0 Å². The Morgan fingerprint density at radius 1 is 1.50 bits per heavy atom. The van der Waals surface area contributed by atoms with E-state index in [0.717, 1.165) is 0 Å². The number of aromatic nitrogens is 1. The van der Waals surface area contributed by atoms with Gasteiger partial charge in [-0.3, -0.25) is 0 Å². The number of methoxy groups -OCH3 is 2. The number of rotatable bonds is 5. The Kier molecular flexibility index (Phi) is 6.01. The molecule has 18 heavy (non-hydrogen) atoms. The highest BCUT2D eigenvalue weighted by atomic mass is 79.9. The topological polar surface area (TPSA) is 57.7 Å². The highest BCUT2D eigenvalue weighted by Gasteiger charge is 2.26. The van der Waals surface area contributed by atoms with Gasteiger partial charge in [-0.15, -0.1) is 0 Å². The minimum absolute atomic E-state index is 0.186. The summed E-state index contributed by atoms with van der Waals surface area (Å²) in [6.07, 6.45) is 0.606. The fourth-order valence-corrected chi connectivity index (χ4v) is 2.15. The van der Waals surface area contributed by atoms with Crippen LogP contribution in [0.2, 0.25) is 5.02 Å². The van der Waals surface area contributed by atoms with Crippen molar-refractivity contribution in [3.8, 4) is 0 Å². The van der Waals surface area contributed by atoms with Crippen LogP contribution < -0.4 is 0 Å². The molecule has 0 aliphatic heterocycles. The van der Waals surface area contributed by atoms with Gasteiger partial charge in [-0.1, -0.05) is 11.6 Å². The van der Waals surface area contributed by atoms with Gasteiger partial charge in [0, 0.05) is 20.4 Å². The average Bonchev–Trinajstić information content (AvgIpc) is 2.35. The molecule has 0 aromatic carbocycles. The second-order valence-electron chi connectivity index (χ2n) is 3.21. The van der Waals surface area contributed by atoms with Gasteiger partial charge in [0.15, 0.2) is 6.29 Å². The summed E-state index contributed by atoms with van der Waals surface area (Å²) < 4.78 is 15.6. The summed E-state index contributed by atoms with van der Waals surface area (Å²) >= 11 is 9.24. The first-order valence-corrected chi connectivity index (χ1v) is 6.30. The molecule has 0 radical (unpaired) electrons. The number of esters is 1. The molecule has 0 fully saturated rings. The Hall–Kier alpha value is -0.690. The molecule has 1 heterocycles. The highest BCUT2D eigenvalue weighted by Crippen LogP contribution is 2.32. The van der Waals surface area contributed by atoms with Gasteiger partial charge >= 0.3 is 5.97 Å². The molecule has 0 atom stereocenters. The molecule has 0 saturated carbocycles. The molecular formula is C11H13BrClNO4. The van der Waals surface area contributed by atoms with Gasteiger partial charge < -0.3 is 14.2 Å². The van der Waals surface area contributed by atoms with Crippen molar-refractivity contribution in [2.75, 3.05) is 20.8 Å². The summed E-state index contributed by atoms with van der Waals surface area (Å²) in [7, 11) is 2.91. The Labute approximate surface area is 119 Å². The first-order valence-electron chi connectivity index (χ1n) is 5.13. The summed E-state index contributed by atoms with van der Waals surface area (Å²) in [5, 5.41) is 0.186. The van der Waals surface area contributed by atoms with Crippen molar-refractivity contribution in [2.24, 2.45) is 0 Å². The summed E-state index contributed by atoms with van der Waals surface area (Å²) in [6.45, 7) is 1.96. The zero-order chi connectivity index (χ0) is 13.7. The molecule has 0 saturated heterocycles. The fourth-order valence-electron chi connectivity index (χ4n) is 1.44. The maximum absolute atomic E-state index is 11.9. The molecule has 0 aliphatic carbocycles. The molecule has 7 heteroatoms. The zero-order valence-electron chi connectivity index (χ0n) is 10.2. The third-order valence-corrected chi connectivity index (χ3v) is 3.08. The lowest BCUT2D eigenvalue weighted by Crippen LogP contribution is -2.15. The highest BCUT2D eigenvalue weighted by molar-refractivity contribution is 9.10. The number of halogens is 2. The normalized spacial score (nSPS) is 10.8. The lowest BCUT2D eigenvalue weighted by molar-refractivity contribution is -0.107. The first kappa shape index (κ1) is 15.4. The maximum atomic E-state index is 11.9. The number of pyridine rings is 1. The van der Waals surface area contributed by atoms with Crippen LogP contribution in [0.25, 0.3) is 0 Å². The van der Waals surface area contributed by atoms with Gasteiger partial charge in [0.2, 0.25) is 0 Å². The van der Waals surface area contributed by atoms with Gasteiger partial charge in [-0.25, -0.2) is 9.78 Å². The predicted molar refractivity (Wildman–Crippen MR) is 69.7 cm³/mol. The van der Waals surface area contributed by atoms with Crippen LogP contribution in [0, 0.1) is 0 Å². The van der Waals surface area contributed by atoms with E-state index in [0.29, 0.717) is 10.2 Å². The summed E-state index contributed by atoms with van der Waals surface area (Å²) in [5.74, 6) is -0.542. The SMILES string of the molecule is CCOC(=O)c1c(Cl)cnc(Br)c1C(OC)OC. The van der Waals surface area contributed by atoms with Crippen LogP contribution in [0.5, 0.6) is 0 Å². The summed E-state index contributed by atoms with van der Waals surface area (Å²) in [5.41, 5.74) is 0.597. The van der Waals surface area contributed by atoms with E-state index < -0.39 is 12.3 Å². The predicted octanol–water partition coefficient (Wildman–Crippen LogP) is 2.97. The van der Waals surface area contributed by atoms with E-state index in [-0.39, 0.29) is 17.2 Å². The van der Waals surface area contributed by atoms with Gasteiger partial charge in [0.05, 0.1) is 22.8 Å². The number of carbonyl (C=O) groups excluding carboxylic acids is 1. The molecule has 0 spiro atoms. The smallest absolute Gasteiger partial charge is 0.340 e. The van der Waals surface area contributed by atoms with Crippen molar-refractivity contribution >= 4 is 33.5 Å². The monoisotopic (exact) mass is 337 g/mol. The molecule has 5 nitrogen and oxygen atoms in total. The molecule has 1 aromatic heterocycles. The van der Waals surface area contributed by atoms with Gasteiger partial charge in [0.25, 0.3) is 0 Å². The van der Waals surface area contributed by atoms with E-state index in [1.807, 2.05) is 0 Å². The van der Waals surface area contributed by atoms with Crippen LogP contribution in [-0.2, 0) is 14.2 Å². The van der Waals surface area contributed by atoms with E-state index in [9.17, 15) is 4.79 Å². The lowest BCUT2D eigenvalue weighted by Gasteiger charge is -2.18. The molecule has 0 aliphatic rings. The third kappa shape index (κ3) is 3.20. The van der Waals surface area contributed by atoms with E-state index in [1.54, 1.807) is 6.92 Å². The van der Waals surface area contributed by atoms with Crippen LogP contribution >= 0.6 is 27.5 Å². The van der Waals surface area contributed by atoms with Crippen LogP contribution in [0.3, 0.4) is 0 Å². The number of hydrogen-bond acceptors (Lipinski definition) is 5. The maximum Gasteiger partial charge on any atom is 0.340 e. The van der Waals surface area contributed by atoms with E-state index in [1.165, 1.54) is 20.4 Å². The van der Waals surface area contributed by atoms with Gasteiger partial charge in [-0.2, -0.15) is 0 Å². The minimum atomic E-state index is -0.759. The van der Waals surface area contributed by atoms with Gasteiger partial charge in [-0.05, 0) is 22.9 Å². The zero-order valence-corrected chi connectivity index (χ0v) is 12.5. The van der Waals surface area contributed by atoms with E-state index in [2.05, 4.69) is 20.9 Å². The Morgan fingerprint density at radius 2 is 2.11 bits per heavy atom. The molecule has 0 bridgehead atoms. The van der Waals surface area contributed by atoms with E-state index >= 15 is 0 Å². The Bertz CT molecular complexity index is 437. The number of carbonyl (C=O) groups is 1. The van der Waals surface area contributed by atoms with Crippen molar-refractivity contribution < 1.29 is 19.0 Å². The first-order chi connectivity index (χ1) is 8.56. The quantitative estimate of drug-likeness (QED) is 0.469. The van der Waals surface area contributed by atoms with Crippen molar-refractivity contribution in [1.29, 1.82) is 0 Å². The Balaban J connectivity index is 3.37. The fraction of sp³-hybridized carbons (Fsp3) is 0.455. The van der Waals surface area contributed by atoms with Crippen molar-refractivity contribution in [2.45, 2.75) is 13.2 Å². The summed E-state index contributed by atoms with van der Waals surface area (Å²) in [6, 6.07) is 0. The van der Waals surface area contributed by atoms with Crippen molar-refractivity contribution in [3.05, 3.63) is 26.9 Å². The molecule has 1 rings (SSSR count). The second-order valence-corrected chi connectivity index (χ2v) is 4.37. The number of ether oxygens (including phenoxy) is 3. The average molecular weight is 339 g/mol. The van der Waals surface area contributed by atoms with Crippen LogP contribution in [-0.4, -0.2) is 31.8 Å².